The van der Waals surface area contributed by atoms with Crippen molar-refractivity contribution >= 4 is 10.9 Å². The van der Waals surface area contributed by atoms with Gasteiger partial charge in [-0.3, -0.25) is 4.79 Å². The molecule has 2 aromatic carbocycles. The van der Waals surface area contributed by atoms with E-state index in [1.54, 1.807) is 41.3 Å². The van der Waals surface area contributed by atoms with Crippen LogP contribution in [-0.4, -0.2) is 37.4 Å². The maximum absolute atomic E-state index is 12.7. The molecule has 2 aromatic heterocycles. The van der Waals surface area contributed by atoms with Crippen LogP contribution in [0.1, 0.15) is 5.56 Å². The molecule has 4 aromatic rings. The van der Waals surface area contributed by atoms with Gasteiger partial charge in [0.15, 0.2) is 5.52 Å². The number of nitrogens with zero attached hydrogens (tertiary/aromatic N) is 5. The van der Waals surface area contributed by atoms with Crippen molar-refractivity contribution in [2.45, 2.75) is 19.1 Å². The van der Waals surface area contributed by atoms with Gasteiger partial charge in [-0.1, -0.05) is 30.3 Å². The van der Waals surface area contributed by atoms with Gasteiger partial charge < -0.3 is 9.84 Å². The maximum Gasteiger partial charge on any atom is 0.295 e. The van der Waals surface area contributed by atoms with Crippen LogP contribution in [0.3, 0.4) is 0 Å². The number of aliphatic hydroxyl groups is 1. The summed E-state index contributed by atoms with van der Waals surface area (Å²) in [5.74, 6) is 0.577. The highest BCUT2D eigenvalue weighted by atomic mass is 16.5. The first-order chi connectivity index (χ1) is 14.6. The molecule has 1 atom stereocenters. The first kappa shape index (κ1) is 19.4. The van der Waals surface area contributed by atoms with E-state index in [0.29, 0.717) is 17.6 Å². The van der Waals surface area contributed by atoms with Crippen molar-refractivity contribution in [3.8, 4) is 17.5 Å². The molecule has 8 heteroatoms. The molecule has 150 valence electrons. The molecule has 0 amide bonds. The van der Waals surface area contributed by atoms with E-state index in [-0.39, 0.29) is 24.2 Å². The number of para-hydroxylation sites is 1. The second-order valence-corrected chi connectivity index (χ2v) is 6.79. The largest absolute Gasteiger partial charge is 0.491 e. The summed E-state index contributed by atoms with van der Waals surface area (Å²) in [6, 6.07) is 18.7. The van der Waals surface area contributed by atoms with E-state index < -0.39 is 6.10 Å². The molecule has 0 spiro atoms. The molecule has 0 saturated heterocycles. The Labute approximate surface area is 172 Å². The van der Waals surface area contributed by atoms with Gasteiger partial charge in [-0.25, -0.2) is 9.36 Å². The van der Waals surface area contributed by atoms with Crippen molar-refractivity contribution < 1.29 is 9.84 Å². The molecule has 4 rings (SSSR count). The third kappa shape index (κ3) is 4.21. The first-order valence-electron chi connectivity index (χ1n) is 9.42. The van der Waals surface area contributed by atoms with Crippen LogP contribution in [0.4, 0.5) is 0 Å². The highest BCUT2D eigenvalue weighted by molar-refractivity contribution is 5.76. The van der Waals surface area contributed by atoms with E-state index >= 15 is 0 Å². The lowest BCUT2D eigenvalue weighted by atomic mass is 10.2. The molecular formula is C22H19N5O3. The Morgan fingerprint density at radius 3 is 2.63 bits per heavy atom. The Balaban J connectivity index is 1.45. The summed E-state index contributed by atoms with van der Waals surface area (Å²) in [6.07, 6.45) is 2.71. The lowest BCUT2D eigenvalue weighted by Gasteiger charge is -2.13. The van der Waals surface area contributed by atoms with E-state index in [4.69, 9.17) is 10.00 Å². The Bertz CT molecular complexity index is 1240. The summed E-state index contributed by atoms with van der Waals surface area (Å²) in [7, 11) is 0. The number of benzene rings is 2. The van der Waals surface area contributed by atoms with Crippen LogP contribution < -0.4 is 10.3 Å². The predicted molar refractivity (Wildman–Crippen MR) is 110 cm³/mol. The number of hydrogen-bond donors (Lipinski definition) is 1. The molecule has 30 heavy (non-hydrogen) atoms. The lowest BCUT2D eigenvalue weighted by molar-refractivity contribution is 0.0881. The number of hydrogen-bond acceptors (Lipinski definition) is 6. The molecule has 2 heterocycles. The molecule has 0 aliphatic carbocycles. The van der Waals surface area contributed by atoms with E-state index in [0.717, 1.165) is 11.3 Å². The summed E-state index contributed by atoms with van der Waals surface area (Å²) < 4.78 is 8.39. The van der Waals surface area contributed by atoms with Crippen molar-refractivity contribution in [2.75, 3.05) is 6.61 Å². The Morgan fingerprint density at radius 2 is 1.90 bits per heavy atom. The van der Waals surface area contributed by atoms with Gasteiger partial charge in [-0.2, -0.15) is 15.5 Å². The Morgan fingerprint density at radius 1 is 1.13 bits per heavy atom. The van der Waals surface area contributed by atoms with Crippen LogP contribution in [0.2, 0.25) is 0 Å². The molecule has 0 radical (unpaired) electrons. The van der Waals surface area contributed by atoms with Crippen LogP contribution in [0.5, 0.6) is 5.75 Å². The third-order valence-corrected chi connectivity index (χ3v) is 4.57. The SMILES string of the molecule is N#CCc1ccc(OCC(O)Cn2ncc3cn(-c4ccccc4)nc3c2=O)cc1. The van der Waals surface area contributed by atoms with Crippen LogP contribution in [-0.2, 0) is 13.0 Å². The number of ether oxygens (including phenoxy) is 1. The zero-order chi connectivity index (χ0) is 20.9. The number of rotatable bonds is 7. The average Bonchev–Trinajstić information content (AvgIpc) is 3.21. The van der Waals surface area contributed by atoms with Gasteiger partial charge in [0.1, 0.15) is 18.5 Å². The topological polar surface area (TPSA) is 106 Å². The van der Waals surface area contributed by atoms with Crippen LogP contribution in [0.15, 0.2) is 71.8 Å². The van der Waals surface area contributed by atoms with Crippen LogP contribution >= 0.6 is 0 Å². The summed E-state index contributed by atoms with van der Waals surface area (Å²) >= 11 is 0. The van der Waals surface area contributed by atoms with Gasteiger partial charge >= 0.3 is 0 Å². The average molecular weight is 401 g/mol. The van der Waals surface area contributed by atoms with Crippen molar-refractivity contribution in [3.63, 3.8) is 0 Å². The summed E-state index contributed by atoms with van der Waals surface area (Å²) in [6.45, 7) is -0.0122. The van der Waals surface area contributed by atoms with Gasteiger partial charge in [0.25, 0.3) is 5.56 Å². The lowest BCUT2D eigenvalue weighted by Crippen LogP contribution is -2.31. The molecule has 0 bridgehead atoms. The minimum absolute atomic E-state index is 0.00219. The molecule has 1 unspecified atom stereocenters. The zero-order valence-corrected chi connectivity index (χ0v) is 16.0. The van der Waals surface area contributed by atoms with Gasteiger partial charge in [0.2, 0.25) is 0 Å². The van der Waals surface area contributed by atoms with E-state index in [1.807, 2.05) is 30.3 Å². The second-order valence-electron chi connectivity index (χ2n) is 6.79. The van der Waals surface area contributed by atoms with Gasteiger partial charge in [-0.05, 0) is 29.8 Å². The fourth-order valence-corrected chi connectivity index (χ4v) is 3.04. The number of aromatic nitrogens is 4. The second kappa shape index (κ2) is 8.59. The Hall–Kier alpha value is -3.96. The van der Waals surface area contributed by atoms with Gasteiger partial charge in [-0.15, -0.1) is 0 Å². The molecule has 0 aliphatic rings. The van der Waals surface area contributed by atoms with Crippen LogP contribution in [0.25, 0.3) is 16.6 Å². The fourth-order valence-electron chi connectivity index (χ4n) is 3.04. The smallest absolute Gasteiger partial charge is 0.295 e. The fraction of sp³-hybridized carbons (Fsp3) is 0.182. The summed E-state index contributed by atoms with van der Waals surface area (Å²) in [4.78, 5) is 12.7. The molecule has 0 aliphatic heterocycles. The Kier molecular flexibility index (Phi) is 5.54. The molecular weight excluding hydrogens is 382 g/mol. The molecule has 1 N–H and O–H groups in total. The predicted octanol–water partition coefficient (Wildman–Crippen LogP) is 2.09. The number of nitriles is 1. The number of fused-ring (bicyclic) bond motifs is 1. The highest BCUT2D eigenvalue weighted by Gasteiger charge is 2.13. The monoisotopic (exact) mass is 401 g/mol. The normalized spacial score (nSPS) is 11.9. The van der Waals surface area contributed by atoms with E-state index in [2.05, 4.69) is 16.3 Å². The van der Waals surface area contributed by atoms with E-state index in [9.17, 15) is 9.90 Å². The summed E-state index contributed by atoms with van der Waals surface area (Å²) in [5.41, 5.74) is 1.65. The van der Waals surface area contributed by atoms with Gasteiger partial charge in [0, 0.05) is 11.6 Å². The quantitative estimate of drug-likeness (QED) is 0.508. The third-order valence-electron chi connectivity index (χ3n) is 4.57. The van der Waals surface area contributed by atoms with Crippen molar-refractivity contribution in [1.29, 1.82) is 5.26 Å². The standard InChI is InChI=1S/C22H19N5O3/c23-11-10-16-6-8-20(9-7-16)30-15-19(28)14-27-22(29)21-17(12-24-27)13-26(25-21)18-4-2-1-3-5-18/h1-9,12-13,19,28H,10,14-15H2. The highest BCUT2D eigenvalue weighted by Crippen LogP contribution is 2.14. The molecule has 8 nitrogen and oxygen atoms in total. The zero-order valence-electron chi connectivity index (χ0n) is 16.0. The first-order valence-corrected chi connectivity index (χ1v) is 9.42. The van der Waals surface area contributed by atoms with Gasteiger partial charge in [0.05, 0.1) is 30.9 Å². The summed E-state index contributed by atoms with van der Waals surface area (Å²) in [5, 5.41) is 28.1. The molecule has 0 fully saturated rings. The minimum atomic E-state index is -0.928. The molecule has 0 saturated carbocycles. The van der Waals surface area contributed by atoms with Crippen LogP contribution in [0, 0.1) is 11.3 Å². The number of aliphatic hydroxyl groups excluding tert-OH is 1. The minimum Gasteiger partial charge on any atom is -0.491 e. The van der Waals surface area contributed by atoms with Crippen molar-refractivity contribution in [1.82, 2.24) is 19.6 Å². The van der Waals surface area contributed by atoms with Crippen molar-refractivity contribution in [2.24, 2.45) is 0 Å². The van der Waals surface area contributed by atoms with Crippen molar-refractivity contribution in [3.05, 3.63) is 82.9 Å². The maximum atomic E-state index is 12.7. The van der Waals surface area contributed by atoms with E-state index in [1.165, 1.54) is 4.68 Å².